The predicted molar refractivity (Wildman–Crippen MR) is 112 cm³/mol. The number of piperazine rings is 1. The molecule has 0 spiro atoms. The first-order chi connectivity index (χ1) is 14.2. The highest BCUT2D eigenvalue weighted by atomic mass is 16.5. The summed E-state index contributed by atoms with van der Waals surface area (Å²) in [6, 6.07) is 13.0. The zero-order chi connectivity index (χ0) is 20.5. The van der Waals surface area contributed by atoms with E-state index in [-0.39, 0.29) is 12.5 Å². The van der Waals surface area contributed by atoms with Gasteiger partial charge in [0.1, 0.15) is 17.6 Å². The molecule has 0 saturated carbocycles. The summed E-state index contributed by atoms with van der Waals surface area (Å²) < 4.78 is 5.21. The van der Waals surface area contributed by atoms with Crippen LogP contribution in [0.3, 0.4) is 0 Å². The molecular weight excluding hydrogens is 366 g/mol. The van der Waals surface area contributed by atoms with Gasteiger partial charge in [-0.25, -0.2) is 4.98 Å². The SMILES string of the molecule is CN1CCN(c2ncccc2CNC(=O)/C=C/c2ccc(OCC#N)cc2)CC1. The number of benzene rings is 1. The smallest absolute Gasteiger partial charge is 0.244 e. The van der Waals surface area contributed by atoms with Crippen LogP contribution in [-0.4, -0.2) is 55.6 Å². The molecular formula is C22H25N5O2. The summed E-state index contributed by atoms with van der Waals surface area (Å²) in [5, 5.41) is 11.5. The summed E-state index contributed by atoms with van der Waals surface area (Å²) >= 11 is 0. The first-order valence-electron chi connectivity index (χ1n) is 9.59. The van der Waals surface area contributed by atoms with Gasteiger partial charge < -0.3 is 19.9 Å². The molecule has 7 nitrogen and oxygen atoms in total. The number of hydrogen-bond acceptors (Lipinski definition) is 6. The number of nitriles is 1. The minimum atomic E-state index is -0.164. The van der Waals surface area contributed by atoms with Gasteiger partial charge in [0.05, 0.1) is 0 Å². The van der Waals surface area contributed by atoms with Crippen LogP contribution >= 0.6 is 0 Å². The van der Waals surface area contributed by atoms with E-state index in [2.05, 4.69) is 27.1 Å². The number of carbonyl (C=O) groups is 1. The first-order valence-corrected chi connectivity index (χ1v) is 9.59. The van der Waals surface area contributed by atoms with Gasteiger partial charge in [-0.2, -0.15) is 5.26 Å². The Labute approximate surface area is 171 Å². The molecule has 3 rings (SSSR count). The van der Waals surface area contributed by atoms with Crippen molar-refractivity contribution in [1.82, 2.24) is 15.2 Å². The molecule has 0 aliphatic carbocycles. The summed E-state index contributed by atoms with van der Waals surface area (Å²) in [4.78, 5) is 21.3. The van der Waals surface area contributed by atoms with E-state index in [1.807, 2.05) is 30.3 Å². The second-order valence-electron chi connectivity index (χ2n) is 6.84. The number of carbonyl (C=O) groups excluding carboxylic acids is 1. The number of nitrogens with one attached hydrogen (secondary N) is 1. The molecule has 2 heterocycles. The van der Waals surface area contributed by atoms with Crippen LogP contribution in [0.4, 0.5) is 5.82 Å². The van der Waals surface area contributed by atoms with Crippen molar-refractivity contribution >= 4 is 17.8 Å². The molecule has 1 aromatic heterocycles. The second kappa shape index (κ2) is 10.2. The molecule has 150 valence electrons. The van der Waals surface area contributed by atoms with Crippen LogP contribution in [0.15, 0.2) is 48.7 Å². The number of anilines is 1. The third kappa shape index (κ3) is 6.06. The molecule has 2 aromatic rings. The Balaban J connectivity index is 1.54. The van der Waals surface area contributed by atoms with E-state index in [1.54, 1.807) is 24.4 Å². The van der Waals surface area contributed by atoms with Gasteiger partial charge in [-0.05, 0) is 36.9 Å². The van der Waals surface area contributed by atoms with E-state index in [4.69, 9.17) is 10.00 Å². The number of rotatable bonds is 7. The molecule has 1 amide bonds. The van der Waals surface area contributed by atoms with Crippen molar-refractivity contribution in [3.05, 3.63) is 59.8 Å². The molecule has 0 atom stereocenters. The van der Waals surface area contributed by atoms with E-state index >= 15 is 0 Å². The summed E-state index contributed by atoms with van der Waals surface area (Å²) in [5.41, 5.74) is 1.89. The molecule has 1 aromatic carbocycles. The van der Waals surface area contributed by atoms with Gasteiger partial charge in [0.2, 0.25) is 5.91 Å². The van der Waals surface area contributed by atoms with E-state index in [9.17, 15) is 4.79 Å². The lowest BCUT2D eigenvalue weighted by Crippen LogP contribution is -2.45. The third-order valence-electron chi connectivity index (χ3n) is 4.73. The van der Waals surface area contributed by atoms with Gasteiger partial charge in [-0.1, -0.05) is 18.2 Å². The number of nitrogens with zero attached hydrogens (tertiary/aromatic N) is 4. The van der Waals surface area contributed by atoms with Crippen molar-refractivity contribution in [2.75, 3.05) is 44.7 Å². The normalized spacial score (nSPS) is 14.6. The lowest BCUT2D eigenvalue weighted by Gasteiger charge is -2.34. The van der Waals surface area contributed by atoms with Crippen molar-refractivity contribution in [2.24, 2.45) is 0 Å². The molecule has 1 aliphatic heterocycles. The van der Waals surface area contributed by atoms with Gasteiger partial charge in [-0.15, -0.1) is 0 Å². The lowest BCUT2D eigenvalue weighted by atomic mass is 10.2. The molecule has 1 saturated heterocycles. The second-order valence-corrected chi connectivity index (χ2v) is 6.84. The zero-order valence-electron chi connectivity index (χ0n) is 16.5. The Bertz CT molecular complexity index is 881. The lowest BCUT2D eigenvalue weighted by molar-refractivity contribution is -0.116. The Hall–Kier alpha value is -3.37. The molecule has 0 radical (unpaired) electrons. The maximum atomic E-state index is 12.2. The fraction of sp³-hybridized carbons (Fsp3) is 0.318. The number of pyridine rings is 1. The largest absolute Gasteiger partial charge is 0.479 e. The van der Waals surface area contributed by atoms with Crippen molar-refractivity contribution in [3.63, 3.8) is 0 Å². The van der Waals surface area contributed by atoms with Crippen molar-refractivity contribution in [3.8, 4) is 11.8 Å². The minimum absolute atomic E-state index is 0.0159. The van der Waals surface area contributed by atoms with Gasteiger partial charge in [0.15, 0.2) is 6.61 Å². The highest BCUT2D eigenvalue weighted by Crippen LogP contribution is 2.18. The maximum absolute atomic E-state index is 12.2. The monoisotopic (exact) mass is 391 g/mol. The Morgan fingerprint density at radius 3 is 2.72 bits per heavy atom. The third-order valence-corrected chi connectivity index (χ3v) is 4.73. The number of likely N-dealkylation sites (N-methyl/N-ethyl adjacent to an activating group) is 1. The van der Waals surface area contributed by atoms with Crippen LogP contribution < -0.4 is 15.0 Å². The van der Waals surface area contributed by atoms with Gasteiger partial charge >= 0.3 is 0 Å². The van der Waals surface area contributed by atoms with E-state index in [0.29, 0.717) is 12.3 Å². The minimum Gasteiger partial charge on any atom is -0.479 e. The topological polar surface area (TPSA) is 81.5 Å². The number of hydrogen-bond donors (Lipinski definition) is 1. The molecule has 29 heavy (non-hydrogen) atoms. The van der Waals surface area contributed by atoms with Crippen LogP contribution in [0.25, 0.3) is 6.08 Å². The fourth-order valence-corrected chi connectivity index (χ4v) is 3.08. The Morgan fingerprint density at radius 2 is 2.00 bits per heavy atom. The Morgan fingerprint density at radius 1 is 1.24 bits per heavy atom. The quantitative estimate of drug-likeness (QED) is 0.728. The molecule has 1 fully saturated rings. The maximum Gasteiger partial charge on any atom is 0.244 e. The zero-order valence-corrected chi connectivity index (χ0v) is 16.5. The number of aromatic nitrogens is 1. The van der Waals surface area contributed by atoms with Crippen molar-refractivity contribution in [2.45, 2.75) is 6.54 Å². The number of ether oxygens (including phenoxy) is 1. The fourth-order valence-electron chi connectivity index (χ4n) is 3.08. The van der Waals surface area contributed by atoms with Gasteiger partial charge in [-0.3, -0.25) is 4.79 Å². The van der Waals surface area contributed by atoms with Crippen LogP contribution in [0.2, 0.25) is 0 Å². The van der Waals surface area contributed by atoms with Crippen LogP contribution in [0, 0.1) is 11.3 Å². The average Bonchev–Trinajstić information content (AvgIpc) is 2.76. The highest BCUT2D eigenvalue weighted by Gasteiger charge is 2.17. The van der Waals surface area contributed by atoms with Gasteiger partial charge in [0.25, 0.3) is 0 Å². The van der Waals surface area contributed by atoms with Crippen LogP contribution in [-0.2, 0) is 11.3 Å². The van der Waals surface area contributed by atoms with E-state index < -0.39 is 0 Å². The standard InChI is InChI=1S/C22H25N5O2/c1-26-12-14-27(15-13-26)22-19(3-2-11-24-22)17-25-21(28)9-6-18-4-7-20(8-5-18)29-16-10-23/h2-9,11H,12-17H2,1H3,(H,25,28)/b9-6+. The summed E-state index contributed by atoms with van der Waals surface area (Å²) in [6.07, 6.45) is 5.05. The molecule has 1 N–H and O–H groups in total. The molecule has 1 aliphatic rings. The van der Waals surface area contributed by atoms with Crippen molar-refractivity contribution in [1.29, 1.82) is 5.26 Å². The average molecular weight is 391 g/mol. The van der Waals surface area contributed by atoms with E-state index in [0.717, 1.165) is 43.1 Å². The first kappa shape index (κ1) is 20.4. The molecule has 0 bridgehead atoms. The molecule has 7 heteroatoms. The Kier molecular flexibility index (Phi) is 7.20. The number of amides is 1. The van der Waals surface area contributed by atoms with Crippen LogP contribution in [0.1, 0.15) is 11.1 Å². The summed E-state index contributed by atoms with van der Waals surface area (Å²) in [5.74, 6) is 1.40. The van der Waals surface area contributed by atoms with Gasteiger partial charge in [0, 0.05) is 50.6 Å². The highest BCUT2D eigenvalue weighted by molar-refractivity contribution is 5.91. The molecule has 0 unspecified atom stereocenters. The van der Waals surface area contributed by atoms with Crippen LogP contribution in [0.5, 0.6) is 5.75 Å². The summed E-state index contributed by atoms with van der Waals surface area (Å²) in [6.45, 7) is 4.32. The predicted octanol–water partition coefficient (Wildman–Crippen LogP) is 2.07. The van der Waals surface area contributed by atoms with E-state index in [1.165, 1.54) is 6.08 Å². The summed E-state index contributed by atoms with van der Waals surface area (Å²) in [7, 11) is 2.12. The van der Waals surface area contributed by atoms with Crippen molar-refractivity contribution < 1.29 is 9.53 Å².